The number of thioether (sulfide) groups is 1. The van der Waals surface area contributed by atoms with Gasteiger partial charge in [0.15, 0.2) is 5.13 Å². The number of amides is 1. The van der Waals surface area contributed by atoms with Crippen molar-refractivity contribution in [3.8, 4) is 0 Å². The van der Waals surface area contributed by atoms with Gasteiger partial charge >= 0.3 is 0 Å². The highest BCUT2D eigenvalue weighted by Crippen LogP contribution is 2.32. The molecule has 2 fully saturated rings. The summed E-state index contributed by atoms with van der Waals surface area (Å²) in [5.41, 5.74) is 7.10. The van der Waals surface area contributed by atoms with E-state index in [1.54, 1.807) is 35.6 Å². The summed E-state index contributed by atoms with van der Waals surface area (Å²) >= 11 is 3.61. The third kappa shape index (κ3) is 5.65. The number of benzene rings is 1. The van der Waals surface area contributed by atoms with Gasteiger partial charge in [-0.2, -0.15) is 0 Å². The summed E-state index contributed by atoms with van der Waals surface area (Å²) in [6, 6.07) is 7.40. The Balaban J connectivity index is 1.28. The molecule has 0 spiro atoms. The standard InChI is InChI=1S/C21H28N4O2S2/c22-17-5-3-16(4-6-17)20(26)25-9-1-2-18(13-25)24-21-23-12-19(29-21)28-14-15-7-10-27-11-8-15/h3-6,12,15,18H,1-2,7-11,13-14,22H2,(H,23,24). The molecule has 156 valence electrons. The van der Waals surface area contributed by atoms with Crippen LogP contribution in [0.3, 0.4) is 0 Å². The third-order valence-electron chi connectivity index (χ3n) is 5.48. The summed E-state index contributed by atoms with van der Waals surface area (Å²) in [5.74, 6) is 1.96. The van der Waals surface area contributed by atoms with E-state index in [1.807, 2.05) is 22.9 Å². The molecule has 0 aliphatic carbocycles. The lowest BCUT2D eigenvalue weighted by Gasteiger charge is -2.33. The Morgan fingerprint density at radius 3 is 2.86 bits per heavy atom. The summed E-state index contributed by atoms with van der Waals surface area (Å²) in [5, 5.41) is 4.50. The number of nitrogens with zero attached hydrogens (tertiary/aromatic N) is 2. The van der Waals surface area contributed by atoms with E-state index < -0.39 is 0 Å². The van der Waals surface area contributed by atoms with Crippen molar-refractivity contribution in [2.45, 2.75) is 35.9 Å². The quantitative estimate of drug-likeness (QED) is 0.531. The van der Waals surface area contributed by atoms with Crippen LogP contribution < -0.4 is 11.1 Å². The Hall–Kier alpha value is -1.77. The van der Waals surface area contributed by atoms with E-state index in [9.17, 15) is 4.79 Å². The number of thiazole rings is 1. The first-order valence-electron chi connectivity index (χ1n) is 10.2. The zero-order valence-corrected chi connectivity index (χ0v) is 18.1. The number of hydrogen-bond donors (Lipinski definition) is 2. The molecule has 3 N–H and O–H groups in total. The number of likely N-dealkylation sites (tertiary alicyclic amines) is 1. The fraction of sp³-hybridized carbons (Fsp3) is 0.524. The Morgan fingerprint density at radius 2 is 2.07 bits per heavy atom. The van der Waals surface area contributed by atoms with E-state index in [4.69, 9.17) is 10.5 Å². The van der Waals surface area contributed by atoms with Gasteiger partial charge in [0.1, 0.15) is 0 Å². The van der Waals surface area contributed by atoms with Gasteiger partial charge in [-0.15, -0.1) is 11.8 Å². The van der Waals surface area contributed by atoms with Crippen LogP contribution in [0.4, 0.5) is 10.8 Å². The van der Waals surface area contributed by atoms with Gasteiger partial charge in [-0.05, 0) is 55.9 Å². The maximum absolute atomic E-state index is 12.8. The van der Waals surface area contributed by atoms with E-state index in [0.29, 0.717) is 17.8 Å². The molecule has 1 unspecified atom stereocenters. The average Bonchev–Trinajstić information content (AvgIpc) is 3.20. The lowest BCUT2D eigenvalue weighted by Crippen LogP contribution is -2.45. The Bertz CT molecular complexity index is 805. The number of nitrogens with one attached hydrogen (secondary N) is 1. The monoisotopic (exact) mass is 432 g/mol. The number of aromatic nitrogens is 1. The molecule has 2 aromatic rings. The van der Waals surface area contributed by atoms with Crippen LogP contribution in [0.5, 0.6) is 0 Å². The van der Waals surface area contributed by atoms with E-state index >= 15 is 0 Å². The lowest BCUT2D eigenvalue weighted by atomic mass is 10.0. The van der Waals surface area contributed by atoms with Gasteiger partial charge in [0.2, 0.25) is 0 Å². The molecule has 0 bridgehead atoms. The molecule has 1 aromatic carbocycles. The summed E-state index contributed by atoms with van der Waals surface area (Å²) in [6.45, 7) is 3.29. The number of carbonyl (C=O) groups excluding carboxylic acids is 1. The molecule has 2 aliphatic rings. The Kier molecular flexibility index (Phi) is 6.94. The number of ether oxygens (including phenoxy) is 1. The molecular weight excluding hydrogens is 404 g/mol. The fourth-order valence-electron chi connectivity index (χ4n) is 3.77. The summed E-state index contributed by atoms with van der Waals surface area (Å²) in [7, 11) is 0. The van der Waals surface area contributed by atoms with E-state index in [1.165, 1.54) is 4.21 Å². The first-order valence-corrected chi connectivity index (χ1v) is 12.1. The second-order valence-electron chi connectivity index (χ2n) is 7.71. The van der Waals surface area contributed by atoms with Crippen LogP contribution in [-0.2, 0) is 4.74 Å². The van der Waals surface area contributed by atoms with Crippen LogP contribution in [0.15, 0.2) is 34.7 Å². The van der Waals surface area contributed by atoms with Gasteiger partial charge < -0.3 is 20.7 Å². The molecule has 2 saturated heterocycles. The van der Waals surface area contributed by atoms with Gasteiger partial charge in [-0.1, -0.05) is 11.3 Å². The zero-order valence-electron chi connectivity index (χ0n) is 16.5. The van der Waals surface area contributed by atoms with Crippen LogP contribution >= 0.6 is 23.1 Å². The SMILES string of the molecule is Nc1ccc(C(=O)N2CCCC(Nc3ncc(SCC4CCOCC4)s3)C2)cc1. The zero-order chi connectivity index (χ0) is 20.1. The number of hydrogen-bond acceptors (Lipinski definition) is 7. The van der Waals surface area contributed by atoms with Crippen LogP contribution in [-0.4, -0.2) is 53.9 Å². The lowest BCUT2D eigenvalue weighted by molar-refractivity contribution is 0.0714. The number of rotatable bonds is 6. The molecule has 1 aromatic heterocycles. The van der Waals surface area contributed by atoms with Crippen molar-refractivity contribution in [3.63, 3.8) is 0 Å². The predicted octanol–water partition coefficient (Wildman–Crippen LogP) is 3.96. The normalized spacial score (nSPS) is 20.6. The molecule has 3 heterocycles. The molecule has 1 atom stereocenters. The molecule has 1 amide bonds. The second-order valence-corrected chi connectivity index (χ2v) is 10.1. The van der Waals surface area contributed by atoms with Crippen molar-refractivity contribution in [1.29, 1.82) is 0 Å². The average molecular weight is 433 g/mol. The highest BCUT2D eigenvalue weighted by Gasteiger charge is 2.25. The summed E-state index contributed by atoms with van der Waals surface area (Å²) < 4.78 is 6.69. The number of piperidine rings is 1. The van der Waals surface area contributed by atoms with Gasteiger partial charge in [-0.3, -0.25) is 4.79 Å². The van der Waals surface area contributed by atoms with E-state index in [-0.39, 0.29) is 11.9 Å². The molecular formula is C21H28N4O2S2. The van der Waals surface area contributed by atoms with Crippen LogP contribution in [0.25, 0.3) is 0 Å². The predicted molar refractivity (Wildman–Crippen MR) is 120 cm³/mol. The van der Waals surface area contributed by atoms with Gasteiger partial charge in [0.25, 0.3) is 5.91 Å². The van der Waals surface area contributed by atoms with Gasteiger partial charge in [0, 0.05) is 49.3 Å². The highest BCUT2D eigenvalue weighted by molar-refractivity contribution is 8.01. The molecule has 6 nitrogen and oxygen atoms in total. The molecule has 0 saturated carbocycles. The van der Waals surface area contributed by atoms with Crippen molar-refractivity contribution in [2.24, 2.45) is 5.92 Å². The number of anilines is 2. The number of carbonyl (C=O) groups is 1. The maximum Gasteiger partial charge on any atom is 0.253 e. The third-order valence-corrected chi connectivity index (χ3v) is 7.84. The summed E-state index contributed by atoms with van der Waals surface area (Å²) in [4.78, 5) is 19.3. The van der Waals surface area contributed by atoms with Crippen LogP contribution in [0.2, 0.25) is 0 Å². The molecule has 4 rings (SSSR count). The van der Waals surface area contributed by atoms with Gasteiger partial charge in [0.05, 0.1) is 10.4 Å². The summed E-state index contributed by atoms with van der Waals surface area (Å²) in [6.07, 6.45) is 6.34. The second kappa shape index (κ2) is 9.82. The van der Waals surface area contributed by atoms with Crippen molar-refractivity contribution in [3.05, 3.63) is 36.0 Å². The van der Waals surface area contributed by atoms with Crippen molar-refractivity contribution >= 4 is 39.8 Å². The number of nitrogens with two attached hydrogens (primary N) is 1. The fourth-order valence-corrected chi connectivity index (χ4v) is 5.93. The maximum atomic E-state index is 12.8. The van der Waals surface area contributed by atoms with Crippen molar-refractivity contribution in [1.82, 2.24) is 9.88 Å². The minimum absolute atomic E-state index is 0.0725. The molecule has 0 radical (unpaired) electrons. The number of nitrogen functional groups attached to an aromatic ring is 1. The van der Waals surface area contributed by atoms with Gasteiger partial charge in [-0.25, -0.2) is 4.98 Å². The molecule has 2 aliphatic heterocycles. The van der Waals surface area contributed by atoms with E-state index in [2.05, 4.69) is 10.3 Å². The Morgan fingerprint density at radius 1 is 1.28 bits per heavy atom. The minimum atomic E-state index is 0.0725. The van der Waals surface area contributed by atoms with Crippen LogP contribution in [0, 0.1) is 5.92 Å². The van der Waals surface area contributed by atoms with Crippen molar-refractivity contribution < 1.29 is 9.53 Å². The molecule has 8 heteroatoms. The first kappa shape index (κ1) is 20.5. The first-order chi connectivity index (χ1) is 14.2. The van der Waals surface area contributed by atoms with Crippen LogP contribution in [0.1, 0.15) is 36.0 Å². The highest BCUT2D eigenvalue weighted by atomic mass is 32.2. The largest absolute Gasteiger partial charge is 0.399 e. The van der Waals surface area contributed by atoms with E-state index in [0.717, 1.165) is 62.2 Å². The smallest absolute Gasteiger partial charge is 0.253 e. The molecule has 29 heavy (non-hydrogen) atoms. The Labute approximate surface area is 180 Å². The minimum Gasteiger partial charge on any atom is -0.399 e. The topological polar surface area (TPSA) is 80.5 Å². The van der Waals surface area contributed by atoms with Crippen molar-refractivity contribution in [2.75, 3.05) is 43.1 Å².